The molecule has 3 N–H and O–H groups in total. The van der Waals surface area contributed by atoms with Gasteiger partial charge in [0.1, 0.15) is 0 Å². The van der Waals surface area contributed by atoms with Crippen LogP contribution in [-0.2, 0) is 0 Å². The van der Waals surface area contributed by atoms with Crippen LogP contribution >= 0.6 is 0 Å². The van der Waals surface area contributed by atoms with Crippen LogP contribution in [0.5, 0.6) is 0 Å². The summed E-state index contributed by atoms with van der Waals surface area (Å²) >= 11 is 0. The number of aromatic carboxylic acids is 1. The maximum atomic E-state index is 11.8. The van der Waals surface area contributed by atoms with Gasteiger partial charge in [0.15, 0.2) is 0 Å². The van der Waals surface area contributed by atoms with Crippen molar-refractivity contribution in [3.05, 3.63) is 29.8 Å². The third kappa shape index (κ3) is 5.83. The van der Waals surface area contributed by atoms with E-state index in [2.05, 4.69) is 29.4 Å². The number of nitrogens with zero attached hydrogens (tertiary/aromatic N) is 1. The molecule has 6 nitrogen and oxygen atoms in total. The molecule has 2 amide bonds. The molecule has 0 bridgehead atoms. The van der Waals surface area contributed by atoms with Gasteiger partial charge < -0.3 is 20.6 Å². The van der Waals surface area contributed by atoms with E-state index in [-0.39, 0.29) is 5.56 Å². The van der Waals surface area contributed by atoms with Crippen LogP contribution in [0.4, 0.5) is 10.5 Å². The van der Waals surface area contributed by atoms with E-state index in [1.165, 1.54) is 6.07 Å². The highest BCUT2D eigenvalue weighted by Gasteiger charge is 2.11. The summed E-state index contributed by atoms with van der Waals surface area (Å²) < 4.78 is 0. The Balaban J connectivity index is 2.46. The maximum absolute atomic E-state index is 11.8. The van der Waals surface area contributed by atoms with Gasteiger partial charge in [0.2, 0.25) is 0 Å². The van der Waals surface area contributed by atoms with E-state index in [0.717, 1.165) is 26.1 Å². The molecule has 1 rings (SSSR count). The Kier molecular flexibility index (Phi) is 7.25. The third-order valence-corrected chi connectivity index (χ3v) is 3.11. The van der Waals surface area contributed by atoms with Gasteiger partial charge in [-0.15, -0.1) is 0 Å². The van der Waals surface area contributed by atoms with E-state index in [1.54, 1.807) is 18.2 Å². The molecule has 0 saturated carbocycles. The highest BCUT2D eigenvalue weighted by molar-refractivity contribution is 5.99. The fraction of sp³-hybridized carbons (Fsp3) is 0.467. The number of carboxylic acid groups (broad SMARTS) is 1. The van der Waals surface area contributed by atoms with Crippen molar-refractivity contribution in [2.75, 3.05) is 31.5 Å². The van der Waals surface area contributed by atoms with Crippen molar-refractivity contribution in [3.63, 3.8) is 0 Å². The van der Waals surface area contributed by atoms with E-state index < -0.39 is 12.0 Å². The summed E-state index contributed by atoms with van der Waals surface area (Å²) in [7, 11) is 0. The first-order valence-corrected chi connectivity index (χ1v) is 7.18. The molecule has 21 heavy (non-hydrogen) atoms. The lowest BCUT2D eigenvalue weighted by molar-refractivity contribution is 0.0698. The van der Waals surface area contributed by atoms with Crippen LogP contribution < -0.4 is 10.6 Å². The molecule has 0 aliphatic rings. The summed E-state index contributed by atoms with van der Waals surface area (Å²) in [5, 5.41) is 14.3. The number of para-hydroxylation sites is 1. The second-order valence-corrected chi connectivity index (χ2v) is 4.67. The molecule has 0 aliphatic carbocycles. The summed E-state index contributed by atoms with van der Waals surface area (Å²) in [6.07, 6.45) is 1.08. The molecular weight excluding hydrogens is 270 g/mol. The molecule has 0 radical (unpaired) electrons. The molecular formula is C15H23N3O3. The Hall–Kier alpha value is -2.08. The van der Waals surface area contributed by atoms with Crippen molar-refractivity contribution >= 4 is 17.7 Å². The average molecular weight is 293 g/mol. The van der Waals surface area contributed by atoms with Gasteiger partial charge in [0.05, 0.1) is 11.3 Å². The zero-order valence-corrected chi connectivity index (χ0v) is 12.6. The molecule has 1 aromatic carbocycles. The molecule has 0 spiro atoms. The number of urea groups is 1. The van der Waals surface area contributed by atoms with E-state index in [0.29, 0.717) is 12.2 Å². The van der Waals surface area contributed by atoms with Gasteiger partial charge in [-0.2, -0.15) is 0 Å². The monoisotopic (exact) mass is 293 g/mol. The third-order valence-electron chi connectivity index (χ3n) is 3.11. The van der Waals surface area contributed by atoms with Crippen LogP contribution in [0, 0.1) is 0 Å². The molecule has 6 heteroatoms. The topological polar surface area (TPSA) is 81.7 Å². The lowest BCUT2D eigenvalue weighted by atomic mass is 10.2. The lowest BCUT2D eigenvalue weighted by Crippen LogP contribution is -2.37. The van der Waals surface area contributed by atoms with Crippen LogP contribution in [-0.4, -0.2) is 48.2 Å². The molecule has 0 aromatic heterocycles. The number of hydrogen-bond acceptors (Lipinski definition) is 3. The van der Waals surface area contributed by atoms with E-state index in [1.807, 2.05) is 0 Å². The highest BCUT2D eigenvalue weighted by Crippen LogP contribution is 2.14. The molecule has 0 saturated heterocycles. The Bertz CT molecular complexity index is 477. The fourth-order valence-electron chi connectivity index (χ4n) is 2.02. The fourth-order valence-corrected chi connectivity index (χ4v) is 2.02. The van der Waals surface area contributed by atoms with Crippen LogP contribution in [0.3, 0.4) is 0 Å². The lowest BCUT2D eigenvalue weighted by Gasteiger charge is -2.19. The second-order valence-electron chi connectivity index (χ2n) is 4.67. The van der Waals surface area contributed by atoms with Crippen LogP contribution in [0.2, 0.25) is 0 Å². The van der Waals surface area contributed by atoms with Gasteiger partial charge in [-0.05, 0) is 31.6 Å². The van der Waals surface area contributed by atoms with E-state index >= 15 is 0 Å². The van der Waals surface area contributed by atoms with Gasteiger partial charge >= 0.3 is 12.0 Å². The Morgan fingerprint density at radius 3 is 2.52 bits per heavy atom. The number of carbonyl (C=O) groups excluding carboxylic acids is 1. The molecule has 0 atom stereocenters. The second kappa shape index (κ2) is 8.97. The molecule has 0 aliphatic heterocycles. The number of hydrogen-bond donors (Lipinski definition) is 3. The molecule has 1 aromatic rings. The smallest absolute Gasteiger partial charge is 0.337 e. The predicted molar refractivity (Wildman–Crippen MR) is 82.8 cm³/mol. The van der Waals surface area contributed by atoms with Gasteiger partial charge in [-0.25, -0.2) is 9.59 Å². The maximum Gasteiger partial charge on any atom is 0.337 e. The number of carboxylic acids is 1. The van der Waals surface area contributed by atoms with Crippen molar-refractivity contribution in [3.8, 4) is 0 Å². The van der Waals surface area contributed by atoms with Crippen molar-refractivity contribution < 1.29 is 14.7 Å². The molecule has 0 heterocycles. The first-order valence-electron chi connectivity index (χ1n) is 7.18. The Morgan fingerprint density at radius 1 is 1.19 bits per heavy atom. The summed E-state index contributed by atoms with van der Waals surface area (Å²) in [6.45, 7) is 7.44. The van der Waals surface area contributed by atoms with Crippen molar-refractivity contribution in [2.45, 2.75) is 20.3 Å². The molecule has 0 unspecified atom stereocenters. The summed E-state index contributed by atoms with van der Waals surface area (Å²) in [4.78, 5) is 25.1. The van der Waals surface area contributed by atoms with Crippen LogP contribution in [0.15, 0.2) is 24.3 Å². The minimum atomic E-state index is -1.06. The number of nitrogens with one attached hydrogen (secondary N) is 2. The highest BCUT2D eigenvalue weighted by atomic mass is 16.4. The Labute approximate surface area is 125 Å². The number of anilines is 1. The summed E-state index contributed by atoms with van der Waals surface area (Å²) in [6, 6.07) is 5.94. The number of carbonyl (C=O) groups is 2. The number of benzene rings is 1. The number of rotatable bonds is 8. The van der Waals surface area contributed by atoms with Gasteiger partial charge in [0.25, 0.3) is 0 Å². The summed E-state index contributed by atoms with van der Waals surface area (Å²) in [5.41, 5.74) is 0.372. The quantitative estimate of drug-likeness (QED) is 0.686. The van der Waals surface area contributed by atoms with Gasteiger partial charge in [0, 0.05) is 13.1 Å². The van der Waals surface area contributed by atoms with Gasteiger partial charge in [-0.3, -0.25) is 0 Å². The van der Waals surface area contributed by atoms with Crippen molar-refractivity contribution in [1.82, 2.24) is 10.2 Å². The Morgan fingerprint density at radius 2 is 1.90 bits per heavy atom. The first-order chi connectivity index (χ1) is 10.1. The normalized spacial score (nSPS) is 10.4. The largest absolute Gasteiger partial charge is 0.478 e. The predicted octanol–water partition coefficient (Wildman–Crippen LogP) is 2.24. The zero-order chi connectivity index (χ0) is 15.7. The standard InChI is InChI=1S/C15H23N3O3/c1-3-10-18(4-2)11-9-16-15(21)17-13-8-6-5-7-12(13)14(19)20/h5-8H,3-4,9-11H2,1-2H3,(H,19,20)(H2,16,17,21). The van der Waals surface area contributed by atoms with E-state index in [9.17, 15) is 9.59 Å². The number of amides is 2. The zero-order valence-electron chi connectivity index (χ0n) is 12.6. The first kappa shape index (κ1) is 17.0. The van der Waals surface area contributed by atoms with Crippen LogP contribution in [0.25, 0.3) is 0 Å². The van der Waals surface area contributed by atoms with E-state index in [4.69, 9.17) is 5.11 Å². The average Bonchev–Trinajstić information content (AvgIpc) is 2.46. The minimum Gasteiger partial charge on any atom is -0.478 e. The minimum absolute atomic E-state index is 0.0776. The van der Waals surface area contributed by atoms with Crippen LogP contribution in [0.1, 0.15) is 30.6 Å². The number of likely N-dealkylation sites (N-methyl/N-ethyl adjacent to an activating group) is 1. The van der Waals surface area contributed by atoms with Gasteiger partial charge in [-0.1, -0.05) is 26.0 Å². The van der Waals surface area contributed by atoms with Crippen molar-refractivity contribution in [1.29, 1.82) is 0 Å². The summed E-state index contributed by atoms with van der Waals surface area (Å²) in [5.74, 6) is -1.06. The van der Waals surface area contributed by atoms with Crippen molar-refractivity contribution in [2.24, 2.45) is 0 Å². The molecule has 116 valence electrons. The molecule has 0 fully saturated rings. The SMILES string of the molecule is CCCN(CC)CCNC(=O)Nc1ccccc1C(=O)O.